The van der Waals surface area contributed by atoms with Crippen molar-refractivity contribution < 1.29 is 9.59 Å². The first-order chi connectivity index (χ1) is 8.52. The molecule has 0 unspecified atom stereocenters. The van der Waals surface area contributed by atoms with Crippen molar-refractivity contribution in [1.29, 1.82) is 0 Å². The molecule has 0 aromatic heterocycles. The Kier molecular flexibility index (Phi) is 8.14. The van der Waals surface area contributed by atoms with Gasteiger partial charge in [0.15, 0.2) is 0 Å². The topological polar surface area (TPSA) is 84.2 Å². The van der Waals surface area contributed by atoms with Gasteiger partial charge in [0, 0.05) is 13.0 Å². The van der Waals surface area contributed by atoms with Crippen LogP contribution in [0, 0.1) is 6.92 Å². The highest BCUT2D eigenvalue weighted by atomic mass is 35.5. The van der Waals surface area contributed by atoms with E-state index in [9.17, 15) is 9.59 Å². The van der Waals surface area contributed by atoms with Gasteiger partial charge in [-0.1, -0.05) is 17.7 Å². The van der Waals surface area contributed by atoms with Crippen LogP contribution in [0.3, 0.4) is 0 Å². The summed E-state index contributed by atoms with van der Waals surface area (Å²) in [6.45, 7) is 2.07. The van der Waals surface area contributed by atoms with Crippen molar-refractivity contribution in [1.82, 2.24) is 5.32 Å². The molecule has 5 nitrogen and oxygen atoms in total. The minimum Gasteiger partial charge on any atom is -0.347 e. The molecule has 2 amide bonds. The molecule has 0 bridgehead atoms. The number of hydrogen-bond acceptors (Lipinski definition) is 3. The highest BCUT2D eigenvalue weighted by Gasteiger charge is 2.07. The number of halogens is 2. The number of nitrogens with one attached hydrogen (secondary N) is 2. The van der Waals surface area contributed by atoms with Gasteiger partial charge in [0.1, 0.15) is 0 Å². The Balaban J connectivity index is 0.00000324. The lowest BCUT2D eigenvalue weighted by Gasteiger charge is -2.08. The van der Waals surface area contributed by atoms with Crippen molar-refractivity contribution in [3.8, 4) is 0 Å². The molecule has 0 atom stereocenters. The summed E-state index contributed by atoms with van der Waals surface area (Å²) in [6.07, 6.45) is 0.207. The lowest BCUT2D eigenvalue weighted by molar-refractivity contribution is -0.124. The molecule has 0 heterocycles. The Hall–Kier alpha value is -1.30. The zero-order valence-corrected chi connectivity index (χ0v) is 12.1. The number of rotatable bonds is 5. The summed E-state index contributed by atoms with van der Waals surface area (Å²) >= 11 is 5.97. The quantitative estimate of drug-likeness (QED) is 0.770. The van der Waals surface area contributed by atoms with Gasteiger partial charge >= 0.3 is 0 Å². The van der Waals surface area contributed by atoms with Gasteiger partial charge in [-0.25, -0.2) is 0 Å². The van der Waals surface area contributed by atoms with Crippen LogP contribution >= 0.6 is 24.0 Å². The molecule has 4 N–H and O–H groups in total. The molecule has 19 heavy (non-hydrogen) atoms. The summed E-state index contributed by atoms with van der Waals surface area (Å²) < 4.78 is 0. The fraction of sp³-hybridized carbons (Fsp3) is 0.333. The van der Waals surface area contributed by atoms with Crippen LogP contribution in [0.25, 0.3) is 0 Å². The van der Waals surface area contributed by atoms with Gasteiger partial charge in [0.25, 0.3) is 0 Å². The monoisotopic (exact) mass is 305 g/mol. The normalized spacial score (nSPS) is 9.42. The molecule has 0 radical (unpaired) electrons. The van der Waals surface area contributed by atoms with E-state index in [0.29, 0.717) is 10.7 Å². The third kappa shape index (κ3) is 6.42. The maximum Gasteiger partial charge on any atom is 0.243 e. The summed E-state index contributed by atoms with van der Waals surface area (Å²) in [7, 11) is 0. The van der Waals surface area contributed by atoms with E-state index in [1.807, 2.05) is 13.0 Å². The molecule has 1 rings (SSSR count). The zero-order chi connectivity index (χ0) is 13.5. The first-order valence-corrected chi connectivity index (χ1v) is 5.93. The van der Waals surface area contributed by atoms with Crippen molar-refractivity contribution in [2.45, 2.75) is 13.3 Å². The van der Waals surface area contributed by atoms with Crippen molar-refractivity contribution >= 4 is 41.5 Å². The fourth-order valence-electron chi connectivity index (χ4n) is 1.31. The van der Waals surface area contributed by atoms with E-state index in [0.717, 1.165) is 5.56 Å². The molecule has 0 aliphatic rings. The SMILES string of the molecule is Cc1ccc(NC(=O)CNC(=O)CCN)c(Cl)c1.Cl. The summed E-state index contributed by atoms with van der Waals surface area (Å²) in [6, 6.07) is 5.32. The second-order valence-corrected chi connectivity index (χ2v) is 4.25. The van der Waals surface area contributed by atoms with Crippen LogP contribution in [-0.4, -0.2) is 24.9 Å². The average molecular weight is 306 g/mol. The summed E-state index contributed by atoms with van der Waals surface area (Å²) in [5.74, 6) is -0.575. The fourth-order valence-corrected chi connectivity index (χ4v) is 1.60. The maximum atomic E-state index is 11.5. The van der Waals surface area contributed by atoms with Crippen LogP contribution < -0.4 is 16.4 Å². The molecule has 0 aliphatic heterocycles. The summed E-state index contributed by atoms with van der Waals surface area (Å²) in [5, 5.41) is 5.55. The Morgan fingerprint density at radius 1 is 1.32 bits per heavy atom. The van der Waals surface area contributed by atoms with Gasteiger partial charge in [-0.05, 0) is 24.6 Å². The number of hydrogen-bond donors (Lipinski definition) is 3. The third-order valence-corrected chi connectivity index (χ3v) is 2.53. The van der Waals surface area contributed by atoms with E-state index in [4.69, 9.17) is 17.3 Å². The van der Waals surface area contributed by atoms with Gasteiger partial charge in [0.2, 0.25) is 11.8 Å². The van der Waals surface area contributed by atoms with Crippen molar-refractivity contribution in [2.75, 3.05) is 18.4 Å². The lowest BCUT2D eigenvalue weighted by Crippen LogP contribution is -2.33. The molecule has 1 aromatic rings. The Bertz CT molecular complexity index is 453. The lowest BCUT2D eigenvalue weighted by atomic mass is 10.2. The zero-order valence-electron chi connectivity index (χ0n) is 10.5. The Labute approximate surface area is 123 Å². The molecule has 7 heteroatoms. The second kappa shape index (κ2) is 8.74. The van der Waals surface area contributed by atoms with Gasteiger partial charge in [-0.15, -0.1) is 12.4 Å². The van der Waals surface area contributed by atoms with Crippen molar-refractivity contribution in [2.24, 2.45) is 5.73 Å². The second-order valence-electron chi connectivity index (χ2n) is 3.85. The molecule has 0 saturated carbocycles. The van der Waals surface area contributed by atoms with Crippen LogP contribution in [0.5, 0.6) is 0 Å². The standard InChI is InChI=1S/C12H16ClN3O2.ClH/c1-8-2-3-10(9(13)6-8)16-12(18)7-15-11(17)4-5-14;/h2-3,6H,4-5,7,14H2,1H3,(H,15,17)(H,16,18);1H. The molecule has 0 fully saturated rings. The number of aryl methyl sites for hydroxylation is 1. The molecule has 0 saturated heterocycles. The minimum atomic E-state index is -0.328. The van der Waals surface area contributed by atoms with Gasteiger partial charge in [-0.2, -0.15) is 0 Å². The van der Waals surface area contributed by atoms with E-state index in [-0.39, 0.29) is 43.7 Å². The van der Waals surface area contributed by atoms with Crippen LogP contribution in [-0.2, 0) is 9.59 Å². The van der Waals surface area contributed by atoms with Gasteiger partial charge < -0.3 is 16.4 Å². The van der Waals surface area contributed by atoms with Gasteiger partial charge in [0.05, 0.1) is 17.3 Å². The van der Waals surface area contributed by atoms with Crippen molar-refractivity contribution in [3.63, 3.8) is 0 Å². The summed E-state index contributed by atoms with van der Waals surface area (Å²) in [5.41, 5.74) is 6.75. The smallest absolute Gasteiger partial charge is 0.243 e. The number of carbonyl (C=O) groups excluding carboxylic acids is 2. The molecular formula is C12H17Cl2N3O2. The Morgan fingerprint density at radius 2 is 2.00 bits per heavy atom. The number of carbonyl (C=O) groups is 2. The molecular weight excluding hydrogens is 289 g/mol. The third-order valence-electron chi connectivity index (χ3n) is 2.22. The van der Waals surface area contributed by atoms with Crippen LogP contribution in [0.15, 0.2) is 18.2 Å². The van der Waals surface area contributed by atoms with Crippen LogP contribution in [0.4, 0.5) is 5.69 Å². The molecule has 0 aliphatic carbocycles. The summed E-state index contributed by atoms with van der Waals surface area (Å²) in [4.78, 5) is 22.7. The maximum absolute atomic E-state index is 11.5. The van der Waals surface area contributed by atoms with Crippen LogP contribution in [0.2, 0.25) is 5.02 Å². The van der Waals surface area contributed by atoms with Gasteiger partial charge in [-0.3, -0.25) is 9.59 Å². The van der Waals surface area contributed by atoms with Crippen LogP contribution in [0.1, 0.15) is 12.0 Å². The predicted molar refractivity (Wildman–Crippen MR) is 78.7 cm³/mol. The molecule has 106 valence electrons. The molecule has 0 spiro atoms. The number of amides is 2. The van der Waals surface area contributed by atoms with E-state index >= 15 is 0 Å². The molecule has 1 aromatic carbocycles. The Morgan fingerprint density at radius 3 is 2.58 bits per heavy atom. The highest BCUT2D eigenvalue weighted by molar-refractivity contribution is 6.33. The average Bonchev–Trinajstić information content (AvgIpc) is 2.31. The van der Waals surface area contributed by atoms with E-state index in [2.05, 4.69) is 10.6 Å². The number of nitrogens with two attached hydrogens (primary N) is 1. The first kappa shape index (κ1) is 17.7. The minimum absolute atomic E-state index is 0. The largest absolute Gasteiger partial charge is 0.347 e. The van der Waals surface area contributed by atoms with E-state index in [1.54, 1.807) is 12.1 Å². The van der Waals surface area contributed by atoms with E-state index < -0.39 is 0 Å². The highest BCUT2D eigenvalue weighted by Crippen LogP contribution is 2.22. The first-order valence-electron chi connectivity index (χ1n) is 5.55. The van der Waals surface area contributed by atoms with E-state index in [1.165, 1.54) is 0 Å². The predicted octanol–water partition coefficient (Wildman–Crippen LogP) is 1.47. The number of benzene rings is 1. The van der Waals surface area contributed by atoms with Crippen molar-refractivity contribution in [3.05, 3.63) is 28.8 Å². The number of anilines is 1.